The lowest BCUT2D eigenvalue weighted by Gasteiger charge is -2.05. The monoisotopic (exact) mass is 296 g/mol. The molecule has 5 heteroatoms. The lowest BCUT2D eigenvalue weighted by Crippen LogP contribution is -1.99. The quantitative estimate of drug-likeness (QED) is 0.801. The molecule has 0 aliphatic rings. The Kier molecular flexibility index (Phi) is 3.89. The van der Waals surface area contributed by atoms with Crippen LogP contribution in [-0.2, 0) is 0 Å². The van der Waals surface area contributed by atoms with Gasteiger partial charge in [-0.2, -0.15) is 4.98 Å². The molecule has 0 radical (unpaired) electrons. The van der Waals surface area contributed by atoms with Gasteiger partial charge in [-0.3, -0.25) is 0 Å². The summed E-state index contributed by atoms with van der Waals surface area (Å²) in [7, 11) is 1.61. The van der Waals surface area contributed by atoms with E-state index in [1.54, 1.807) is 7.11 Å². The average Bonchev–Trinajstić information content (AvgIpc) is 3.05. The van der Waals surface area contributed by atoms with Gasteiger partial charge in [-0.1, -0.05) is 35.0 Å². The normalized spacial score (nSPS) is 12.1. The maximum atomic E-state index is 10.3. The van der Waals surface area contributed by atoms with Crippen molar-refractivity contribution in [3.63, 3.8) is 0 Å². The third-order valence-electron chi connectivity index (χ3n) is 3.42. The Balaban J connectivity index is 1.84. The van der Waals surface area contributed by atoms with Crippen LogP contribution < -0.4 is 4.74 Å². The van der Waals surface area contributed by atoms with Crippen molar-refractivity contribution in [3.05, 3.63) is 65.5 Å². The highest BCUT2D eigenvalue weighted by molar-refractivity contribution is 5.55. The summed E-state index contributed by atoms with van der Waals surface area (Å²) >= 11 is 0. The minimum atomic E-state index is -0.930. The third-order valence-corrected chi connectivity index (χ3v) is 3.42. The number of aliphatic hydroxyl groups excluding tert-OH is 1. The Morgan fingerprint density at radius 1 is 1.05 bits per heavy atom. The highest BCUT2D eigenvalue weighted by Crippen LogP contribution is 2.24. The van der Waals surface area contributed by atoms with E-state index in [-0.39, 0.29) is 5.89 Å². The van der Waals surface area contributed by atoms with Crippen LogP contribution in [-0.4, -0.2) is 22.4 Å². The number of aromatic nitrogens is 2. The zero-order valence-corrected chi connectivity index (χ0v) is 12.4. The molecule has 1 N–H and O–H groups in total. The maximum absolute atomic E-state index is 10.3. The van der Waals surface area contributed by atoms with Gasteiger partial charge in [0.15, 0.2) is 6.10 Å². The van der Waals surface area contributed by atoms with Gasteiger partial charge in [-0.05, 0) is 36.8 Å². The van der Waals surface area contributed by atoms with Crippen LogP contribution in [0.4, 0.5) is 0 Å². The molecule has 0 saturated heterocycles. The molecule has 5 nitrogen and oxygen atoms in total. The molecule has 0 fully saturated rings. The second-order valence-corrected chi connectivity index (χ2v) is 5.00. The van der Waals surface area contributed by atoms with Crippen LogP contribution in [0.1, 0.15) is 23.1 Å². The zero-order chi connectivity index (χ0) is 15.5. The molecule has 0 saturated carbocycles. The number of aryl methyl sites for hydroxylation is 1. The minimum absolute atomic E-state index is 0.176. The van der Waals surface area contributed by atoms with Gasteiger partial charge in [0.05, 0.1) is 7.11 Å². The topological polar surface area (TPSA) is 68.4 Å². The SMILES string of the molecule is COc1ccc(-c2noc(C(O)c3ccc(C)cc3)n2)cc1. The van der Waals surface area contributed by atoms with Gasteiger partial charge in [-0.15, -0.1) is 0 Å². The van der Waals surface area contributed by atoms with Crippen molar-refractivity contribution in [2.75, 3.05) is 7.11 Å². The van der Waals surface area contributed by atoms with E-state index in [0.717, 1.165) is 22.4 Å². The molecule has 112 valence electrons. The second-order valence-electron chi connectivity index (χ2n) is 5.00. The molecule has 1 aromatic heterocycles. The molecule has 0 spiro atoms. The first-order chi connectivity index (χ1) is 10.7. The van der Waals surface area contributed by atoms with Crippen LogP contribution in [0.5, 0.6) is 5.75 Å². The number of rotatable bonds is 4. The van der Waals surface area contributed by atoms with Gasteiger partial charge in [-0.25, -0.2) is 0 Å². The van der Waals surface area contributed by atoms with Crippen LogP contribution >= 0.6 is 0 Å². The molecule has 22 heavy (non-hydrogen) atoms. The Labute approximate surface area is 128 Å². The fourth-order valence-corrected chi connectivity index (χ4v) is 2.09. The van der Waals surface area contributed by atoms with E-state index in [2.05, 4.69) is 10.1 Å². The summed E-state index contributed by atoms with van der Waals surface area (Å²) in [5.74, 6) is 1.37. The van der Waals surface area contributed by atoms with Gasteiger partial charge >= 0.3 is 0 Å². The van der Waals surface area contributed by atoms with Crippen molar-refractivity contribution >= 4 is 0 Å². The molecule has 1 atom stereocenters. The number of benzene rings is 2. The van der Waals surface area contributed by atoms with Crippen molar-refractivity contribution in [1.29, 1.82) is 0 Å². The summed E-state index contributed by atoms with van der Waals surface area (Å²) in [6, 6.07) is 14.9. The summed E-state index contributed by atoms with van der Waals surface area (Å²) in [4.78, 5) is 4.27. The number of hydrogen-bond acceptors (Lipinski definition) is 5. The van der Waals surface area contributed by atoms with Crippen molar-refractivity contribution in [2.45, 2.75) is 13.0 Å². The molecule has 1 unspecified atom stereocenters. The van der Waals surface area contributed by atoms with Crippen LogP contribution in [0.3, 0.4) is 0 Å². The van der Waals surface area contributed by atoms with E-state index in [1.807, 2.05) is 55.5 Å². The van der Waals surface area contributed by atoms with Crippen LogP contribution in [0.15, 0.2) is 53.1 Å². The van der Waals surface area contributed by atoms with Crippen molar-refractivity contribution in [1.82, 2.24) is 10.1 Å². The molecule has 3 rings (SSSR count). The Morgan fingerprint density at radius 2 is 1.73 bits per heavy atom. The fourth-order valence-electron chi connectivity index (χ4n) is 2.09. The van der Waals surface area contributed by atoms with Gasteiger partial charge in [0, 0.05) is 5.56 Å². The Hall–Kier alpha value is -2.66. The van der Waals surface area contributed by atoms with E-state index >= 15 is 0 Å². The first-order valence-corrected chi connectivity index (χ1v) is 6.90. The summed E-state index contributed by atoms with van der Waals surface area (Å²) in [6.45, 7) is 1.99. The smallest absolute Gasteiger partial charge is 0.260 e. The lowest BCUT2D eigenvalue weighted by atomic mass is 10.1. The number of ether oxygens (including phenoxy) is 1. The molecular formula is C17H16N2O3. The first kappa shape index (κ1) is 14.3. The predicted octanol–water partition coefficient (Wildman–Crippen LogP) is 3.14. The molecular weight excluding hydrogens is 280 g/mol. The summed E-state index contributed by atoms with van der Waals surface area (Å²) < 4.78 is 10.3. The molecule has 0 amide bonds. The van der Waals surface area contributed by atoms with Gasteiger partial charge in [0.2, 0.25) is 5.82 Å². The number of nitrogens with zero attached hydrogens (tertiary/aromatic N) is 2. The van der Waals surface area contributed by atoms with Gasteiger partial charge in [0.25, 0.3) is 5.89 Å². The van der Waals surface area contributed by atoms with Crippen LogP contribution in [0, 0.1) is 6.92 Å². The van der Waals surface area contributed by atoms with Crippen molar-refractivity contribution in [3.8, 4) is 17.1 Å². The van der Waals surface area contributed by atoms with Crippen LogP contribution in [0.2, 0.25) is 0 Å². The maximum Gasteiger partial charge on any atom is 0.260 e. The van der Waals surface area contributed by atoms with Gasteiger partial charge < -0.3 is 14.4 Å². The second kappa shape index (κ2) is 5.99. The fraction of sp³-hybridized carbons (Fsp3) is 0.176. The Bertz CT molecular complexity index is 748. The van der Waals surface area contributed by atoms with E-state index in [4.69, 9.17) is 9.26 Å². The lowest BCUT2D eigenvalue weighted by molar-refractivity contribution is 0.170. The standard InChI is InChI=1S/C17H16N2O3/c1-11-3-5-12(6-4-11)15(20)17-18-16(19-22-17)13-7-9-14(21-2)10-8-13/h3-10,15,20H,1-2H3. The van der Waals surface area contributed by atoms with E-state index in [0.29, 0.717) is 5.82 Å². The van der Waals surface area contributed by atoms with E-state index in [1.165, 1.54) is 0 Å². The molecule has 0 aliphatic heterocycles. The number of methoxy groups -OCH3 is 1. The molecule has 0 bridgehead atoms. The van der Waals surface area contributed by atoms with E-state index < -0.39 is 6.10 Å². The highest BCUT2D eigenvalue weighted by atomic mass is 16.5. The average molecular weight is 296 g/mol. The van der Waals surface area contributed by atoms with Crippen LogP contribution in [0.25, 0.3) is 11.4 Å². The third kappa shape index (κ3) is 2.84. The van der Waals surface area contributed by atoms with Gasteiger partial charge in [0.1, 0.15) is 5.75 Å². The molecule has 2 aromatic carbocycles. The first-order valence-electron chi connectivity index (χ1n) is 6.90. The largest absolute Gasteiger partial charge is 0.497 e. The summed E-state index contributed by atoms with van der Waals surface area (Å²) in [6.07, 6.45) is -0.930. The van der Waals surface area contributed by atoms with Crippen molar-refractivity contribution in [2.24, 2.45) is 0 Å². The minimum Gasteiger partial charge on any atom is -0.497 e. The summed E-state index contributed by atoms with van der Waals surface area (Å²) in [5, 5.41) is 14.2. The highest BCUT2D eigenvalue weighted by Gasteiger charge is 2.18. The number of aliphatic hydroxyl groups is 1. The molecule has 1 heterocycles. The molecule has 3 aromatic rings. The Morgan fingerprint density at radius 3 is 2.36 bits per heavy atom. The van der Waals surface area contributed by atoms with E-state index in [9.17, 15) is 5.11 Å². The predicted molar refractivity (Wildman–Crippen MR) is 81.5 cm³/mol. The summed E-state index contributed by atoms with van der Waals surface area (Å²) in [5.41, 5.74) is 2.64. The molecule has 0 aliphatic carbocycles. The number of hydrogen-bond donors (Lipinski definition) is 1. The zero-order valence-electron chi connectivity index (χ0n) is 12.4. The van der Waals surface area contributed by atoms with Crippen molar-refractivity contribution < 1.29 is 14.4 Å².